The van der Waals surface area contributed by atoms with Crippen LogP contribution in [0.1, 0.15) is 47.5 Å². The lowest BCUT2D eigenvalue weighted by Crippen LogP contribution is -2.50. The van der Waals surface area contributed by atoms with Crippen molar-refractivity contribution in [3.05, 3.63) is 0 Å². The van der Waals surface area contributed by atoms with Gasteiger partial charge in [0.15, 0.2) is 0 Å². The normalized spacial score (nSPS) is 23.9. The SMILES string of the molecule is CCOC(=O)[C@]1(C)CCCN(C(=O)OC(C)(C)C)C1. The van der Waals surface area contributed by atoms with Crippen molar-refractivity contribution >= 4 is 12.1 Å². The van der Waals surface area contributed by atoms with E-state index < -0.39 is 11.0 Å². The zero-order valence-electron chi connectivity index (χ0n) is 12.6. The van der Waals surface area contributed by atoms with Crippen LogP contribution in [-0.2, 0) is 14.3 Å². The molecule has 0 N–H and O–H groups in total. The molecule has 1 rings (SSSR count). The van der Waals surface area contributed by atoms with E-state index in [4.69, 9.17) is 9.47 Å². The predicted molar refractivity (Wildman–Crippen MR) is 71.8 cm³/mol. The van der Waals surface area contributed by atoms with Crippen molar-refractivity contribution in [2.24, 2.45) is 5.41 Å². The van der Waals surface area contributed by atoms with Gasteiger partial charge in [0.25, 0.3) is 0 Å². The van der Waals surface area contributed by atoms with E-state index in [0.717, 1.165) is 12.8 Å². The van der Waals surface area contributed by atoms with Gasteiger partial charge in [-0.1, -0.05) is 0 Å². The second-order valence-corrected chi connectivity index (χ2v) is 6.29. The molecule has 0 aliphatic carbocycles. The van der Waals surface area contributed by atoms with Crippen molar-refractivity contribution in [2.45, 2.75) is 53.1 Å². The van der Waals surface area contributed by atoms with Crippen LogP contribution in [0.3, 0.4) is 0 Å². The first-order chi connectivity index (χ1) is 8.68. The second kappa shape index (κ2) is 5.80. The van der Waals surface area contributed by atoms with Gasteiger partial charge in [-0.05, 0) is 47.5 Å². The Balaban J connectivity index is 2.68. The Hall–Kier alpha value is -1.26. The highest BCUT2D eigenvalue weighted by molar-refractivity contribution is 5.78. The summed E-state index contributed by atoms with van der Waals surface area (Å²) in [5, 5.41) is 0. The van der Waals surface area contributed by atoms with Gasteiger partial charge in [0.2, 0.25) is 0 Å². The van der Waals surface area contributed by atoms with E-state index >= 15 is 0 Å². The molecule has 1 amide bonds. The summed E-state index contributed by atoms with van der Waals surface area (Å²) >= 11 is 0. The number of carbonyl (C=O) groups excluding carboxylic acids is 2. The monoisotopic (exact) mass is 271 g/mol. The third-order valence-corrected chi connectivity index (χ3v) is 3.12. The average molecular weight is 271 g/mol. The third-order valence-electron chi connectivity index (χ3n) is 3.12. The van der Waals surface area contributed by atoms with Gasteiger partial charge in [0.05, 0.1) is 12.0 Å². The zero-order valence-corrected chi connectivity index (χ0v) is 12.6. The van der Waals surface area contributed by atoms with Crippen molar-refractivity contribution in [1.82, 2.24) is 4.90 Å². The van der Waals surface area contributed by atoms with Crippen LogP contribution in [0, 0.1) is 5.41 Å². The van der Waals surface area contributed by atoms with Crippen LogP contribution in [0.25, 0.3) is 0 Å². The summed E-state index contributed by atoms with van der Waals surface area (Å²) in [6.45, 7) is 10.5. The van der Waals surface area contributed by atoms with Crippen molar-refractivity contribution in [3.8, 4) is 0 Å². The Morgan fingerprint density at radius 2 is 1.95 bits per heavy atom. The molecular weight excluding hydrogens is 246 g/mol. The lowest BCUT2D eigenvalue weighted by Gasteiger charge is -2.38. The van der Waals surface area contributed by atoms with Crippen LogP contribution in [-0.4, -0.2) is 42.3 Å². The van der Waals surface area contributed by atoms with Gasteiger partial charge < -0.3 is 14.4 Å². The fraction of sp³-hybridized carbons (Fsp3) is 0.857. The number of rotatable bonds is 2. The minimum atomic E-state index is -0.620. The zero-order chi connectivity index (χ0) is 14.7. The van der Waals surface area contributed by atoms with E-state index in [-0.39, 0.29) is 12.1 Å². The van der Waals surface area contributed by atoms with Crippen LogP contribution in [0.4, 0.5) is 4.79 Å². The van der Waals surface area contributed by atoms with E-state index in [1.165, 1.54) is 0 Å². The van der Waals surface area contributed by atoms with Gasteiger partial charge in [-0.3, -0.25) is 4.79 Å². The number of hydrogen-bond acceptors (Lipinski definition) is 4. The highest BCUT2D eigenvalue weighted by Crippen LogP contribution is 2.31. The molecule has 1 saturated heterocycles. The Morgan fingerprint density at radius 3 is 2.47 bits per heavy atom. The molecule has 0 aromatic rings. The van der Waals surface area contributed by atoms with E-state index in [9.17, 15) is 9.59 Å². The minimum Gasteiger partial charge on any atom is -0.466 e. The summed E-state index contributed by atoms with van der Waals surface area (Å²) < 4.78 is 10.4. The molecule has 1 heterocycles. The first kappa shape index (κ1) is 15.8. The predicted octanol–water partition coefficient (Wildman–Crippen LogP) is 2.59. The summed E-state index contributed by atoms with van der Waals surface area (Å²) in [7, 11) is 0. The maximum atomic E-state index is 12.0. The largest absolute Gasteiger partial charge is 0.466 e. The molecule has 0 aromatic carbocycles. The topological polar surface area (TPSA) is 55.8 Å². The third kappa shape index (κ3) is 4.40. The molecule has 1 aliphatic rings. The molecule has 0 aromatic heterocycles. The number of likely N-dealkylation sites (tertiary alicyclic amines) is 1. The Labute approximate surface area is 115 Å². The number of piperidine rings is 1. The maximum Gasteiger partial charge on any atom is 0.410 e. The standard InChI is InChI=1S/C14H25NO4/c1-6-18-11(16)14(5)8-7-9-15(10-14)12(17)19-13(2,3)4/h6-10H2,1-5H3/t14-/m1/s1. The van der Waals surface area contributed by atoms with Crippen LogP contribution in [0.15, 0.2) is 0 Å². The molecule has 0 radical (unpaired) electrons. The molecule has 0 spiro atoms. The molecule has 1 atom stereocenters. The molecule has 0 unspecified atom stereocenters. The van der Waals surface area contributed by atoms with E-state index in [0.29, 0.717) is 19.7 Å². The number of esters is 1. The van der Waals surface area contributed by atoms with Gasteiger partial charge in [0, 0.05) is 13.1 Å². The molecule has 1 aliphatic heterocycles. The molecule has 110 valence electrons. The molecule has 0 bridgehead atoms. The summed E-state index contributed by atoms with van der Waals surface area (Å²) in [5.74, 6) is -0.233. The summed E-state index contributed by atoms with van der Waals surface area (Å²) in [6.07, 6.45) is 1.17. The van der Waals surface area contributed by atoms with Gasteiger partial charge in [-0.25, -0.2) is 4.79 Å². The molecule has 0 saturated carbocycles. The molecule has 5 heteroatoms. The number of hydrogen-bond donors (Lipinski definition) is 0. The van der Waals surface area contributed by atoms with Gasteiger partial charge in [-0.15, -0.1) is 0 Å². The van der Waals surface area contributed by atoms with Crippen LogP contribution in [0.2, 0.25) is 0 Å². The number of amides is 1. The van der Waals surface area contributed by atoms with Crippen LogP contribution >= 0.6 is 0 Å². The quantitative estimate of drug-likeness (QED) is 0.724. The summed E-state index contributed by atoms with van der Waals surface area (Å²) in [4.78, 5) is 25.6. The van der Waals surface area contributed by atoms with E-state index in [2.05, 4.69) is 0 Å². The highest BCUT2D eigenvalue weighted by atomic mass is 16.6. The Bertz CT molecular complexity index is 348. The first-order valence-electron chi connectivity index (χ1n) is 6.83. The summed E-state index contributed by atoms with van der Waals surface area (Å²) in [5.41, 5.74) is -1.14. The van der Waals surface area contributed by atoms with Crippen molar-refractivity contribution < 1.29 is 19.1 Å². The Kier molecular flexibility index (Phi) is 4.82. The summed E-state index contributed by atoms with van der Waals surface area (Å²) in [6, 6.07) is 0. The molecular formula is C14H25NO4. The molecule has 1 fully saturated rings. The van der Waals surface area contributed by atoms with Crippen LogP contribution in [0.5, 0.6) is 0 Å². The lowest BCUT2D eigenvalue weighted by molar-refractivity contribution is -0.157. The fourth-order valence-corrected chi connectivity index (χ4v) is 2.19. The van der Waals surface area contributed by atoms with Gasteiger partial charge in [0.1, 0.15) is 5.60 Å². The number of nitrogens with zero attached hydrogens (tertiary/aromatic N) is 1. The Morgan fingerprint density at radius 1 is 1.32 bits per heavy atom. The first-order valence-corrected chi connectivity index (χ1v) is 6.83. The average Bonchev–Trinajstić information content (AvgIpc) is 2.27. The van der Waals surface area contributed by atoms with Gasteiger partial charge in [-0.2, -0.15) is 0 Å². The van der Waals surface area contributed by atoms with Gasteiger partial charge >= 0.3 is 12.1 Å². The highest BCUT2D eigenvalue weighted by Gasteiger charge is 2.41. The van der Waals surface area contributed by atoms with Crippen molar-refractivity contribution in [3.63, 3.8) is 0 Å². The van der Waals surface area contributed by atoms with E-state index in [1.54, 1.807) is 11.8 Å². The molecule has 5 nitrogen and oxygen atoms in total. The van der Waals surface area contributed by atoms with E-state index in [1.807, 2.05) is 27.7 Å². The van der Waals surface area contributed by atoms with Crippen LogP contribution < -0.4 is 0 Å². The van der Waals surface area contributed by atoms with Crippen molar-refractivity contribution in [2.75, 3.05) is 19.7 Å². The van der Waals surface area contributed by atoms with Crippen molar-refractivity contribution in [1.29, 1.82) is 0 Å². The fourth-order valence-electron chi connectivity index (χ4n) is 2.19. The number of ether oxygens (including phenoxy) is 2. The minimum absolute atomic E-state index is 0.233. The molecule has 19 heavy (non-hydrogen) atoms. The number of carbonyl (C=O) groups is 2. The smallest absolute Gasteiger partial charge is 0.410 e. The second-order valence-electron chi connectivity index (χ2n) is 6.29. The maximum absolute atomic E-state index is 12.0. The lowest BCUT2D eigenvalue weighted by atomic mass is 9.82.